The van der Waals surface area contributed by atoms with Crippen LogP contribution in [0.3, 0.4) is 0 Å². The molecule has 110 valence electrons. The molecular formula is C15H13Cl2NO3. The highest BCUT2D eigenvalue weighted by Crippen LogP contribution is 2.33. The highest BCUT2D eigenvalue weighted by atomic mass is 35.5. The predicted octanol–water partition coefficient (Wildman–Crippen LogP) is 5.40. The van der Waals surface area contributed by atoms with Crippen molar-refractivity contribution in [3.05, 3.63) is 62.2 Å². The molecule has 0 atom stereocenters. The number of hydrogen-bond acceptors (Lipinski definition) is 3. The normalized spacial score (nSPS) is 10.5. The van der Waals surface area contributed by atoms with Gasteiger partial charge in [0.25, 0.3) is 5.69 Å². The number of halogens is 2. The number of hydrogen-bond donors (Lipinski definition) is 0. The first-order valence-electron chi connectivity index (χ1n) is 6.20. The van der Waals surface area contributed by atoms with E-state index in [0.717, 1.165) is 5.56 Å². The molecule has 0 fully saturated rings. The number of nitrogens with zero attached hydrogens (tertiary/aromatic N) is 1. The minimum absolute atomic E-state index is 0.0790. The molecule has 21 heavy (non-hydrogen) atoms. The first-order valence-corrected chi connectivity index (χ1v) is 7.11. The average molecular weight is 326 g/mol. The van der Waals surface area contributed by atoms with Crippen LogP contribution in [0.1, 0.15) is 16.7 Å². The largest absolute Gasteiger partial charge is 0.457 e. The van der Waals surface area contributed by atoms with E-state index in [1.54, 1.807) is 38.1 Å². The highest BCUT2D eigenvalue weighted by Gasteiger charge is 2.14. The van der Waals surface area contributed by atoms with Crippen LogP contribution in [0.25, 0.3) is 0 Å². The zero-order chi connectivity index (χ0) is 15.6. The summed E-state index contributed by atoms with van der Waals surface area (Å²) in [7, 11) is 0. The van der Waals surface area contributed by atoms with E-state index in [4.69, 9.17) is 27.9 Å². The van der Waals surface area contributed by atoms with E-state index in [2.05, 4.69) is 0 Å². The molecule has 0 N–H and O–H groups in total. The summed E-state index contributed by atoms with van der Waals surface area (Å²) >= 11 is 11.8. The summed E-state index contributed by atoms with van der Waals surface area (Å²) in [4.78, 5) is 10.5. The number of alkyl halides is 1. The third-order valence-corrected chi connectivity index (χ3v) is 3.73. The Morgan fingerprint density at radius 3 is 2.48 bits per heavy atom. The van der Waals surface area contributed by atoms with Crippen molar-refractivity contribution in [1.29, 1.82) is 0 Å². The van der Waals surface area contributed by atoms with Crippen LogP contribution in [0.4, 0.5) is 5.69 Å². The first-order chi connectivity index (χ1) is 9.92. The number of rotatable bonds is 4. The number of ether oxygens (including phenoxy) is 1. The van der Waals surface area contributed by atoms with Crippen molar-refractivity contribution in [2.75, 3.05) is 0 Å². The summed E-state index contributed by atoms with van der Waals surface area (Å²) in [6.45, 7) is 3.44. The second kappa shape index (κ2) is 6.33. The minimum Gasteiger partial charge on any atom is -0.457 e. The third kappa shape index (κ3) is 3.46. The molecule has 0 aliphatic heterocycles. The van der Waals surface area contributed by atoms with E-state index in [9.17, 15) is 10.1 Å². The van der Waals surface area contributed by atoms with Crippen molar-refractivity contribution in [3.8, 4) is 11.5 Å². The monoisotopic (exact) mass is 325 g/mol. The van der Waals surface area contributed by atoms with Gasteiger partial charge in [-0.25, -0.2) is 0 Å². The maximum absolute atomic E-state index is 10.9. The van der Waals surface area contributed by atoms with Gasteiger partial charge in [0.1, 0.15) is 11.5 Å². The van der Waals surface area contributed by atoms with Crippen LogP contribution in [-0.2, 0) is 5.88 Å². The summed E-state index contributed by atoms with van der Waals surface area (Å²) < 4.78 is 5.75. The molecule has 0 aliphatic carbocycles. The molecule has 6 heteroatoms. The lowest BCUT2D eigenvalue weighted by atomic mass is 10.1. The molecule has 2 rings (SSSR count). The Labute approximate surface area is 132 Å². The topological polar surface area (TPSA) is 52.4 Å². The summed E-state index contributed by atoms with van der Waals surface area (Å²) in [6.07, 6.45) is 0. The molecule has 0 aromatic heterocycles. The van der Waals surface area contributed by atoms with E-state index in [1.807, 2.05) is 0 Å². The fourth-order valence-electron chi connectivity index (χ4n) is 1.91. The van der Waals surface area contributed by atoms with Crippen molar-refractivity contribution in [1.82, 2.24) is 0 Å². The Kier molecular flexibility index (Phi) is 4.70. The Morgan fingerprint density at radius 1 is 1.19 bits per heavy atom. The first kappa shape index (κ1) is 15.6. The summed E-state index contributed by atoms with van der Waals surface area (Å²) in [5.41, 5.74) is 2.13. The van der Waals surface area contributed by atoms with Crippen LogP contribution in [0, 0.1) is 24.0 Å². The lowest BCUT2D eigenvalue weighted by molar-refractivity contribution is -0.385. The Hall–Kier alpha value is -1.78. The maximum Gasteiger partial charge on any atom is 0.272 e. The van der Waals surface area contributed by atoms with Gasteiger partial charge in [0.15, 0.2) is 0 Å². The predicted molar refractivity (Wildman–Crippen MR) is 83.7 cm³/mol. The molecule has 0 spiro atoms. The number of aryl methyl sites for hydroxylation is 2. The van der Waals surface area contributed by atoms with Gasteiger partial charge < -0.3 is 4.74 Å². The molecule has 0 bridgehead atoms. The molecular weight excluding hydrogens is 313 g/mol. The second-order valence-corrected chi connectivity index (χ2v) is 5.32. The fourth-order valence-corrected chi connectivity index (χ4v) is 2.45. The van der Waals surface area contributed by atoms with Crippen LogP contribution < -0.4 is 4.74 Å². The van der Waals surface area contributed by atoms with Gasteiger partial charge in [0, 0.05) is 22.5 Å². The molecule has 0 saturated heterocycles. The lowest BCUT2D eigenvalue weighted by Gasteiger charge is -2.11. The summed E-state index contributed by atoms with van der Waals surface area (Å²) in [6, 6.07) is 8.38. The van der Waals surface area contributed by atoms with Crippen molar-refractivity contribution in [2.24, 2.45) is 0 Å². The van der Waals surface area contributed by atoms with E-state index in [-0.39, 0.29) is 5.69 Å². The van der Waals surface area contributed by atoms with E-state index < -0.39 is 4.92 Å². The minimum atomic E-state index is -0.405. The molecule has 0 heterocycles. The van der Waals surface area contributed by atoms with Gasteiger partial charge in [-0.3, -0.25) is 10.1 Å². The van der Waals surface area contributed by atoms with E-state index >= 15 is 0 Å². The second-order valence-electron chi connectivity index (χ2n) is 4.65. The fraction of sp³-hybridized carbons (Fsp3) is 0.200. The van der Waals surface area contributed by atoms with Gasteiger partial charge in [-0.15, -0.1) is 11.6 Å². The molecule has 0 radical (unpaired) electrons. The van der Waals surface area contributed by atoms with Crippen molar-refractivity contribution < 1.29 is 9.66 Å². The van der Waals surface area contributed by atoms with Gasteiger partial charge >= 0.3 is 0 Å². The van der Waals surface area contributed by atoms with E-state index in [0.29, 0.717) is 33.5 Å². The van der Waals surface area contributed by atoms with Crippen LogP contribution in [0.5, 0.6) is 11.5 Å². The lowest BCUT2D eigenvalue weighted by Crippen LogP contribution is -1.95. The van der Waals surface area contributed by atoms with E-state index in [1.165, 1.54) is 6.07 Å². The summed E-state index contributed by atoms with van der Waals surface area (Å²) in [5.74, 6) is 1.45. The molecule has 2 aromatic rings. The Bertz CT molecular complexity index is 702. The van der Waals surface area contributed by atoms with Crippen LogP contribution in [-0.4, -0.2) is 4.92 Å². The third-order valence-electron chi connectivity index (χ3n) is 3.09. The highest BCUT2D eigenvalue weighted by molar-refractivity contribution is 6.32. The molecule has 0 unspecified atom stereocenters. The zero-order valence-electron chi connectivity index (χ0n) is 11.5. The smallest absolute Gasteiger partial charge is 0.272 e. The zero-order valence-corrected chi connectivity index (χ0v) is 13.0. The van der Waals surface area contributed by atoms with Crippen LogP contribution in [0.15, 0.2) is 30.3 Å². The maximum atomic E-state index is 10.9. The number of nitro benzene ring substituents is 1. The molecule has 4 nitrogen and oxygen atoms in total. The van der Waals surface area contributed by atoms with Crippen LogP contribution in [0.2, 0.25) is 5.02 Å². The number of benzene rings is 2. The van der Waals surface area contributed by atoms with Gasteiger partial charge in [-0.1, -0.05) is 17.7 Å². The Morgan fingerprint density at radius 2 is 1.90 bits per heavy atom. The van der Waals surface area contributed by atoms with Gasteiger partial charge in [-0.05, 0) is 43.2 Å². The quantitative estimate of drug-likeness (QED) is 0.430. The standard InChI is InChI=1S/C15H13Cl2NO3/c1-9-6-15(10(2)5-14(9)18(19)20)21-12-4-3-11(8-16)13(17)7-12/h3-7H,8H2,1-2H3. The molecule has 2 aromatic carbocycles. The molecule has 0 aliphatic rings. The van der Waals surface area contributed by atoms with Crippen LogP contribution >= 0.6 is 23.2 Å². The molecule has 0 saturated carbocycles. The van der Waals surface area contributed by atoms with Gasteiger partial charge in [-0.2, -0.15) is 0 Å². The van der Waals surface area contributed by atoms with Gasteiger partial charge in [0.2, 0.25) is 0 Å². The van der Waals surface area contributed by atoms with Crippen molar-refractivity contribution >= 4 is 28.9 Å². The SMILES string of the molecule is Cc1cc([N+](=O)[O-])c(C)cc1Oc1ccc(CCl)c(Cl)c1. The van der Waals surface area contributed by atoms with Crippen molar-refractivity contribution in [2.45, 2.75) is 19.7 Å². The van der Waals surface area contributed by atoms with Crippen molar-refractivity contribution in [3.63, 3.8) is 0 Å². The van der Waals surface area contributed by atoms with Gasteiger partial charge in [0.05, 0.1) is 4.92 Å². The summed E-state index contributed by atoms with van der Waals surface area (Å²) in [5, 5.41) is 11.4. The Balaban J connectivity index is 2.34. The average Bonchev–Trinajstić information content (AvgIpc) is 2.42. The number of nitro groups is 1. The molecule has 0 amide bonds.